The van der Waals surface area contributed by atoms with E-state index in [9.17, 15) is 0 Å². The predicted octanol–water partition coefficient (Wildman–Crippen LogP) is 3.16. The molecule has 1 aromatic rings. The smallest absolute Gasteiger partial charge is 0.203 e. The maximum atomic E-state index is 5.46. The van der Waals surface area contributed by atoms with Gasteiger partial charge in [0.25, 0.3) is 0 Å². The second kappa shape index (κ2) is 9.05. The Morgan fingerprint density at radius 3 is 2.81 bits per heavy atom. The molecule has 1 N–H and O–H groups in total. The highest BCUT2D eigenvalue weighted by Gasteiger charge is 2.19. The lowest BCUT2D eigenvalue weighted by atomic mass is 10.2. The third-order valence-corrected chi connectivity index (χ3v) is 4.00. The van der Waals surface area contributed by atoms with Crippen LogP contribution in [0.1, 0.15) is 50.3 Å². The van der Waals surface area contributed by atoms with E-state index in [0.717, 1.165) is 37.6 Å². The number of nitrogens with zero attached hydrogens (tertiary/aromatic N) is 2. The van der Waals surface area contributed by atoms with Gasteiger partial charge in [0.15, 0.2) is 0 Å². The molecule has 0 radical (unpaired) electrons. The Kier molecular flexibility index (Phi) is 7.03. The van der Waals surface area contributed by atoms with E-state index < -0.39 is 0 Å². The van der Waals surface area contributed by atoms with E-state index in [1.54, 1.807) is 7.11 Å². The number of anilines is 1. The zero-order valence-corrected chi connectivity index (χ0v) is 13.4. The first-order valence-corrected chi connectivity index (χ1v) is 8.17. The van der Waals surface area contributed by atoms with Crippen molar-refractivity contribution in [3.05, 3.63) is 11.9 Å². The number of aromatic nitrogens is 2. The highest BCUT2D eigenvalue weighted by Crippen LogP contribution is 2.32. The largest absolute Gasteiger partial charge is 0.382 e. The lowest BCUT2D eigenvalue weighted by molar-refractivity contribution is 0.0691. The molecule has 0 saturated heterocycles. The summed E-state index contributed by atoms with van der Waals surface area (Å²) in [7, 11) is 1.70. The van der Waals surface area contributed by atoms with Gasteiger partial charge in [-0.3, -0.25) is 0 Å². The molecule has 1 aliphatic carbocycles. The minimum atomic E-state index is 0.645. The molecule has 0 unspecified atom stereocenters. The first-order valence-electron chi connectivity index (χ1n) is 8.17. The molecule has 0 bridgehead atoms. The van der Waals surface area contributed by atoms with Crippen LogP contribution in [0.4, 0.5) is 5.95 Å². The Bertz CT molecular complexity index is 400. The van der Waals surface area contributed by atoms with Crippen LogP contribution in [-0.2, 0) is 9.47 Å². The maximum Gasteiger partial charge on any atom is 0.203 e. The number of nitrogens with one attached hydrogen (secondary N) is 1. The fourth-order valence-electron chi connectivity index (χ4n) is 2.88. The molecular formula is C16H29N3O2. The van der Waals surface area contributed by atoms with E-state index in [-0.39, 0.29) is 0 Å². The number of methoxy groups -OCH3 is 1. The summed E-state index contributed by atoms with van der Waals surface area (Å²) < 4.78 is 12.7. The summed E-state index contributed by atoms with van der Waals surface area (Å²) >= 11 is 0. The SMILES string of the molecule is COCCOCCCCNc1nc(C)cn1C1CCCC1. The second-order valence-electron chi connectivity index (χ2n) is 5.79. The van der Waals surface area contributed by atoms with Crippen molar-refractivity contribution >= 4 is 5.95 Å². The van der Waals surface area contributed by atoms with Crippen LogP contribution in [0.5, 0.6) is 0 Å². The monoisotopic (exact) mass is 295 g/mol. The summed E-state index contributed by atoms with van der Waals surface area (Å²) in [5, 5.41) is 3.48. The molecule has 1 fully saturated rings. The van der Waals surface area contributed by atoms with Crippen LogP contribution in [0.2, 0.25) is 0 Å². The van der Waals surface area contributed by atoms with Gasteiger partial charge in [0, 0.05) is 32.5 Å². The molecule has 5 heteroatoms. The third-order valence-electron chi connectivity index (χ3n) is 4.00. The van der Waals surface area contributed by atoms with Crippen LogP contribution in [0, 0.1) is 6.92 Å². The van der Waals surface area contributed by atoms with Crippen molar-refractivity contribution in [2.24, 2.45) is 0 Å². The minimum absolute atomic E-state index is 0.645. The molecule has 1 saturated carbocycles. The van der Waals surface area contributed by atoms with Crippen LogP contribution in [0.25, 0.3) is 0 Å². The second-order valence-corrected chi connectivity index (χ2v) is 5.79. The quantitative estimate of drug-likeness (QED) is 0.674. The molecule has 21 heavy (non-hydrogen) atoms. The van der Waals surface area contributed by atoms with E-state index >= 15 is 0 Å². The summed E-state index contributed by atoms with van der Waals surface area (Å²) in [4.78, 5) is 4.62. The van der Waals surface area contributed by atoms with Gasteiger partial charge in [-0.15, -0.1) is 0 Å². The van der Waals surface area contributed by atoms with Crippen molar-refractivity contribution in [3.8, 4) is 0 Å². The fraction of sp³-hybridized carbons (Fsp3) is 0.812. The number of rotatable bonds is 10. The summed E-state index contributed by atoms with van der Waals surface area (Å²) in [5.41, 5.74) is 1.10. The van der Waals surface area contributed by atoms with E-state index in [1.807, 2.05) is 0 Å². The molecule has 120 valence electrons. The number of hydrogen-bond acceptors (Lipinski definition) is 4. The number of hydrogen-bond donors (Lipinski definition) is 1. The molecule has 0 aromatic carbocycles. The minimum Gasteiger partial charge on any atom is -0.382 e. The van der Waals surface area contributed by atoms with Crippen molar-refractivity contribution in [3.63, 3.8) is 0 Å². The molecule has 1 aromatic heterocycles. The van der Waals surface area contributed by atoms with E-state index in [2.05, 4.69) is 28.0 Å². The molecule has 0 amide bonds. The average Bonchev–Trinajstić information content (AvgIpc) is 3.11. The van der Waals surface area contributed by atoms with Crippen LogP contribution < -0.4 is 5.32 Å². The van der Waals surface area contributed by atoms with E-state index in [4.69, 9.17) is 9.47 Å². The van der Waals surface area contributed by atoms with Gasteiger partial charge in [-0.2, -0.15) is 0 Å². The van der Waals surface area contributed by atoms with Crippen molar-refractivity contribution in [1.82, 2.24) is 9.55 Å². The van der Waals surface area contributed by atoms with Crippen molar-refractivity contribution < 1.29 is 9.47 Å². The molecule has 1 aliphatic rings. The van der Waals surface area contributed by atoms with Crippen molar-refractivity contribution in [2.45, 2.75) is 51.5 Å². The van der Waals surface area contributed by atoms with Gasteiger partial charge in [0.1, 0.15) is 0 Å². The lowest BCUT2D eigenvalue weighted by Crippen LogP contribution is -2.12. The van der Waals surface area contributed by atoms with Crippen LogP contribution in [0.3, 0.4) is 0 Å². The highest BCUT2D eigenvalue weighted by atomic mass is 16.5. The lowest BCUT2D eigenvalue weighted by Gasteiger charge is -2.15. The standard InChI is InChI=1S/C16H29N3O2/c1-14-13-19(15-7-3-4-8-15)16(18-14)17-9-5-6-10-21-12-11-20-2/h13,15H,3-12H2,1-2H3,(H,17,18). The third kappa shape index (κ3) is 5.32. The summed E-state index contributed by atoms with van der Waals surface area (Å²) in [6.07, 6.45) is 9.63. The Labute approximate surface area is 128 Å². The van der Waals surface area contributed by atoms with Crippen molar-refractivity contribution in [1.29, 1.82) is 0 Å². The summed E-state index contributed by atoms with van der Waals surface area (Å²) in [5.74, 6) is 1.04. The highest BCUT2D eigenvalue weighted by molar-refractivity contribution is 5.29. The number of aryl methyl sites for hydroxylation is 1. The van der Waals surface area contributed by atoms with Gasteiger partial charge in [0.2, 0.25) is 5.95 Å². The normalized spacial score (nSPS) is 15.7. The zero-order valence-electron chi connectivity index (χ0n) is 13.4. The van der Waals surface area contributed by atoms with Gasteiger partial charge in [-0.05, 0) is 32.6 Å². The molecule has 0 spiro atoms. The van der Waals surface area contributed by atoms with Crippen LogP contribution in [-0.4, -0.2) is 43.0 Å². The van der Waals surface area contributed by atoms with Gasteiger partial charge in [-0.25, -0.2) is 4.98 Å². The predicted molar refractivity (Wildman–Crippen MR) is 84.9 cm³/mol. The van der Waals surface area contributed by atoms with Gasteiger partial charge in [0.05, 0.1) is 18.9 Å². The molecular weight excluding hydrogens is 266 g/mol. The summed E-state index contributed by atoms with van der Waals surface area (Å²) in [6.45, 7) is 5.20. The summed E-state index contributed by atoms with van der Waals surface area (Å²) in [6, 6.07) is 0.645. The van der Waals surface area contributed by atoms with E-state index in [0.29, 0.717) is 19.3 Å². The average molecular weight is 295 g/mol. The Balaban J connectivity index is 1.66. The number of ether oxygens (including phenoxy) is 2. The van der Waals surface area contributed by atoms with Gasteiger partial charge >= 0.3 is 0 Å². The first kappa shape index (κ1) is 16.3. The molecule has 0 atom stereocenters. The Morgan fingerprint density at radius 2 is 2.05 bits per heavy atom. The van der Waals surface area contributed by atoms with Crippen LogP contribution in [0.15, 0.2) is 6.20 Å². The topological polar surface area (TPSA) is 48.3 Å². The molecule has 2 rings (SSSR count). The number of unbranched alkanes of at least 4 members (excludes halogenated alkanes) is 1. The van der Waals surface area contributed by atoms with Gasteiger partial charge < -0.3 is 19.4 Å². The molecule has 5 nitrogen and oxygen atoms in total. The van der Waals surface area contributed by atoms with Crippen LogP contribution >= 0.6 is 0 Å². The molecule has 1 heterocycles. The van der Waals surface area contributed by atoms with E-state index in [1.165, 1.54) is 25.7 Å². The molecule has 0 aliphatic heterocycles. The first-order chi connectivity index (χ1) is 10.3. The maximum absolute atomic E-state index is 5.46. The Hall–Kier alpha value is -1.07. The zero-order chi connectivity index (χ0) is 14.9. The fourth-order valence-corrected chi connectivity index (χ4v) is 2.88. The Morgan fingerprint density at radius 1 is 1.24 bits per heavy atom. The van der Waals surface area contributed by atoms with Gasteiger partial charge in [-0.1, -0.05) is 12.8 Å². The van der Waals surface area contributed by atoms with Crippen molar-refractivity contribution in [2.75, 3.05) is 38.8 Å². The number of imidazole rings is 1.